The number of nitrogens with zero attached hydrogens (tertiary/aromatic N) is 3. The summed E-state index contributed by atoms with van der Waals surface area (Å²) in [6.07, 6.45) is -0.470. The van der Waals surface area contributed by atoms with Gasteiger partial charge in [0, 0.05) is 31.0 Å². The number of urea groups is 1. The van der Waals surface area contributed by atoms with E-state index in [-0.39, 0.29) is 30.5 Å². The van der Waals surface area contributed by atoms with E-state index in [0.29, 0.717) is 5.56 Å². The van der Waals surface area contributed by atoms with E-state index in [2.05, 4.69) is 12.6 Å². The van der Waals surface area contributed by atoms with Crippen LogP contribution in [0.2, 0.25) is 0 Å². The molecule has 26 heavy (non-hydrogen) atoms. The molecular formula is C15H18N4O6S. The quantitative estimate of drug-likeness (QED) is 0.455. The summed E-state index contributed by atoms with van der Waals surface area (Å²) >= 11 is 4.29. The number of carbonyl (C=O) groups excluding carboxylic acids is 3. The molecule has 0 saturated carbocycles. The Morgan fingerprint density at radius 1 is 1.38 bits per heavy atom. The Labute approximate surface area is 154 Å². The maximum Gasteiger partial charge on any atom is 0.410 e. The highest BCUT2D eigenvalue weighted by molar-refractivity contribution is 7.81. The molecule has 2 atom stereocenters. The molecule has 0 spiro atoms. The zero-order chi connectivity index (χ0) is 19.4. The molecule has 1 aliphatic rings. The molecule has 2 rings (SSSR count). The number of benzene rings is 1. The summed E-state index contributed by atoms with van der Waals surface area (Å²) in [5.41, 5.74) is 5.58. The number of nitrogens with two attached hydrogens (primary N) is 1. The van der Waals surface area contributed by atoms with Crippen LogP contribution in [0.25, 0.3) is 0 Å². The van der Waals surface area contributed by atoms with Crippen LogP contribution in [0.3, 0.4) is 0 Å². The number of likely N-dealkylation sites (N-methyl/N-ethyl adjacent to an activating group) is 1. The van der Waals surface area contributed by atoms with Gasteiger partial charge in [0.1, 0.15) is 12.6 Å². The number of nitro groups is 1. The largest absolute Gasteiger partial charge is 0.445 e. The second kappa shape index (κ2) is 8.04. The van der Waals surface area contributed by atoms with E-state index in [4.69, 9.17) is 10.5 Å². The topological polar surface area (TPSA) is 136 Å². The number of hydrogen-bond donors (Lipinski definition) is 2. The molecular weight excluding hydrogens is 364 g/mol. The van der Waals surface area contributed by atoms with Crippen LogP contribution in [0.4, 0.5) is 15.3 Å². The van der Waals surface area contributed by atoms with Crippen molar-refractivity contribution in [2.45, 2.75) is 24.3 Å². The van der Waals surface area contributed by atoms with E-state index < -0.39 is 29.0 Å². The summed E-state index contributed by atoms with van der Waals surface area (Å²) in [5, 5.41) is 10.4. The van der Waals surface area contributed by atoms with Gasteiger partial charge in [-0.05, 0) is 24.1 Å². The SMILES string of the molecule is CN(C(N)=O)C(=O)C1CC(S)CN1C(=O)OCc1ccc([N+](=O)[O-])cc1. The standard InChI is InChI=1S/C15H18N4O6S/c1-17(14(16)21)13(20)12-6-11(26)7-18(12)15(22)25-8-9-2-4-10(5-3-9)19(23)24/h2-5,11-12,26H,6-8H2,1H3,(H2,16,21). The number of carbonyl (C=O) groups is 3. The molecule has 2 N–H and O–H groups in total. The smallest absolute Gasteiger partial charge is 0.410 e. The van der Waals surface area contributed by atoms with Gasteiger partial charge in [-0.3, -0.25) is 24.7 Å². The first-order chi connectivity index (χ1) is 12.2. The van der Waals surface area contributed by atoms with Crippen LogP contribution in [0.5, 0.6) is 0 Å². The average Bonchev–Trinajstić information content (AvgIpc) is 3.00. The normalized spacial score (nSPS) is 19.1. The average molecular weight is 382 g/mol. The van der Waals surface area contributed by atoms with Gasteiger partial charge < -0.3 is 10.5 Å². The molecule has 1 aliphatic heterocycles. The number of nitro benzene ring substituents is 1. The Balaban J connectivity index is 2.01. The maximum absolute atomic E-state index is 12.3. The van der Waals surface area contributed by atoms with Crippen LogP contribution in [-0.4, -0.2) is 57.6 Å². The fourth-order valence-corrected chi connectivity index (χ4v) is 2.90. The summed E-state index contributed by atoms with van der Waals surface area (Å²) in [4.78, 5) is 47.8. The minimum atomic E-state index is -0.920. The highest BCUT2D eigenvalue weighted by Gasteiger charge is 2.41. The number of hydrogen-bond acceptors (Lipinski definition) is 7. The van der Waals surface area contributed by atoms with Gasteiger partial charge in [0.15, 0.2) is 0 Å². The number of ether oxygens (including phenoxy) is 1. The Hall–Kier alpha value is -2.82. The molecule has 0 bridgehead atoms. The lowest BCUT2D eigenvalue weighted by Crippen LogP contribution is -2.49. The molecule has 1 aromatic carbocycles. The first-order valence-electron chi connectivity index (χ1n) is 7.62. The van der Waals surface area contributed by atoms with Crippen molar-refractivity contribution in [1.82, 2.24) is 9.80 Å². The second-order valence-corrected chi connectivity index (χ2v) is 6.50. The van der Waals surface area contributed by atoms with Crippen molar-refractivity contribution >= 4 is 36.3 Å². The van der Waals surface area contributed by atoms with Gasteiger partial charge in [-0.1, -0.05) is 0 Å². The van der Waals surface area contributed by atoms with Crippen LogP contribution in [0.1, 0.15) is 12.0 Å². The van der Waals surface area contributed by atoms with Gasteiger partial charge >= 0.3 is 12.1 Å². The number of amides is 4. The Kier molecular flexibility index (Phi) is 6.03. The van der Waals surface area contributed by atoms with Gasteiger partial charge in [0.25, 0.3) is 11.6 Å². The fourth-order valence-electron chi connectivity index (χ4n) is 2.52. The molecule has 0 aromatic heterocycles. The van der Waals surface area contributed by atoms with Crippen molar-refractivity contribution in [2.24, 2.45) is 5.73 Å². The Morgan fingerprint density at radius 3 is 2.54 bits per heavy atom. The van der Waals surface area contributed by atoms with Crippen molar-refractivity contribution < 1.29 is 24.0 Å². The van der Waals surface area contributed by atoms with Crippen LogP contribution in [0, 0.1) is 10.1 Å². The number of primary amides is 1. The highest BCUT2D eigenvalue weighted by atomic mass is 32.1. The van der Waals surface area contributed by atoms with Gasteiger partial charge in [-0.15, -0.1) is 0 Å². The molecule has 0 aliphatic carbocycles. The summed E-state index contributed by atoms with van der Waals surface area (Å²) in [5.74, 6) is -0.610. The number of imide groups is 1. The lowest BCUT2D eigenvalue weighted by atomic mass is 10.2. The van der Waals surface area contributed by atoms with Gasteiger partial charge in [0.05, 0.1) is 4.92 Å². The number of thiol groups is 1. The van der Waals surface area contributed by atoms with E-state index >= 15 is 0 Å². The molecule has 1 fully saturated rings. The van der Waals surface area contributed by atoms with Crippen LogP contribution < -0.4 is 5.73 Å². The van der Waals surface area contributed by atoms with Crippen molar-refractivity contribution in [3.8, 4) is 0 Å². The summed E-state index contributed by atoms with van der Waals surface area (Å²) < 4.78 is 5.18. The van der Waals surface area contributed by atoms with Crippen molar-refractivity contribution in [3.05, 3.63) is 39.9 Å². The van der Waals surface area contributed by atoms with Gasteiger partial charge in [-0.25, -0.2) is 9.59 Å². The van der Waals surface area contributed by atoms with Crippen LogP contribution >= 0.6 is 12.6 Å². The Morgan fingerprint density at radius 2 is 2.00 bits per heavy atom. The van der Waals surface area contributed by atoms with Crippen LogP contribution in [-0.2, 0) is 16.1 Å². The third-order valence-corrected chi connectivity index (χ3v) is 4.34. The molecule has 10 nitrogen and oxygen atoms in total. The van der Waals surface area contributed by atoms with Crippen molar-refractivity contribution in [2.75, 3.05) is 13.6 Å². The fraction of sp³-hybridized carbons (Fsp3) is 0.400. The molecule has 140 valence electrons. The molecule has 1 heterocycles. The molecule has 11 heteroatoms. The Bertz CT molecular complexity index is 725. The predicted octanol–water partition coefficient (Wildman–Crippen LogP) is 1.14. The molecule has 1 aromatic rings. The minimum absolute atomic E-state index is 0.0716. The summed E-state index contributed by atoms with van der Waals surface area (Å²) in [7, 11) is 1.23. The third-order valence-electron chi connectivity index (χ3n) is 3.97. The van der Waals surface area contributed by atoms with Gasteiger partial charge in [-0.2, -0.15) is 12.6 Å². The summed E-state index contributed by atoms with van der Waals surface area (Å²) in [6.45, 7) is 0.0718. The first-order valence-corrected chi connectivity index (χ1v) is 8.14. The number of rotatable bonds is 4. The van der Waals surface area contributed by atoms with E-state index in [1.165, 1.54) is 36.2 Å². The monoisotopic (exact) mass is 382 g/mol. The van der Waals surface area contributed by atoms with Crippen molar-refractivity contribution in [1.29, 1.82) is 0 Å². The van der Waals surface area contributed by atoms with Gasteiger partial charge in [0.2, 0.25) is 0 Å². The van der Waals surface area contributed by atoms with E-state index in [1.54, 1.807) is 0 Å². The van der Waals surface area contributed by atoms with E-state index in [1.807, 2.05) is 0 Å². The molecule has 4 amide bonds. The lowest BCUT2D eigenvalue weighted by molar-refractivity contribution is -0.384. The maximum atomic E-state index is 12.3. The molecule has 0 radical (unpaired) electrons. The first kappa shape index (κ1) is 19.5. The second-order valence-electron chi connectivity index (χ2n) is 5.77. The predicted molar refractivity (Wildman–Crippen MR) is 93.5 cm³/mol. The number of likely N-dealkylation sites (tertiary alicyclic amines) is 1. The van der Waals surface area contributed by atoms with E-state index in [0.717, 1.165) is 4.90 Å². The molecule has 1 saturated heterocycles. The zero-order valence-corrected chi connectivity index (χ0v) is 14.8. The zero-order valence-electron chi connectivity index (χ0n) is 13.9. The number of non-ortho nitro benzene ring substituents is 1. The van der Waals surface area contributed by atoms with Crippen LogP contribution in [0.15, 0.2) is 24.3 Å². The van der Waals surface area contributed by atoms with E-state index in [9.17, 15) is 24.5 Å². The van der Waals surface area contributed by atoms with Crippen molar-refractivity contribution in [3.63, 3.8) is 0 Å². The lowest BCUT2D eigenvalue weighted by Gasteiger charge is -2.25. The highest BCUT2D eigenvalue weighted by Crippen LogP contribution is 2.24. The minimum Gasteiger partial charge on any atom is -0.445 e. The summed E-state index contributed by atoms with van der Waals surface area (Å²) in [6, 6.07) is 3.74. The third kappa shape index (κ3) is 4.42. The molecule has 2 unspecified atom stereocenters.